The average molecular weight is 1670 g/mol. The maximum Gasteiger partial charge on any atom is 0.295 e. The van der Waals surface area contributed by atoms with Crippen molar-refractivity contribution >= 4 is 109 Å². The van der Waals surface area contributed by atoms with Crippen molar-refractivity contribution in [2.24, 2.45) is 0 Å². The lowest BCUT2D eigenvalue weighted by Gasteiger charge is -2.43. The summed E-state index contributed by atoms with van der Waals surface area (Å²) in [6.45, 7) is 17.1. The summed E-state index contributed by atoms with van der Waals surface area (Å²) in [6, 6.07) is 75.4. The van der Waals surface area contributed by atoms with Crippen LogP contribution in [-0.4, -0.2) is 211 Å². The number of ketones is 2. The van der Waals surface area contributed by atoms with Crippen LogP contribution in [-0.2, 0) is 9.59 Å². The van der Waals surface area contributed by atoms with Crippen LogP contribution in [0.5, 0.6) is 0 Å². The normalized spacial score (nSPS) is 17.9. The molecule has 0 bridgehead atoms. The number of piperazine rings is 3. The van der Waals surface area contributed by atoms with Crippen molar-refractivity contribution < 1.29 is 33.6 Å². The van der Waals surface area contributed by atoms with E-state index in [1.165, 1.54) is 70.2 Å². The number of nitrogens with one attached hydrogen (secondary N) is 3. The molecule has 0 aliphatic carbocycles. The third-order valence-electron chi connectivity index (χ3n) is 24.2. The summed E-state index contributed by atoms with van der Waals surface area (Å²) >= 11 is 19.7. The molecule has 0 spiro atoms. The van der Waals surface area contributed by atoms with Gasteiger partial charge in [-0.2, -0.15) is 0 Å². The number of amides is 5. The minimum Gasteiger partial charge on any atom is -0.361 e. The Kier molecular flexibility index (Phi) is 26.9. The van der Waals surface area contributed by atoms with Crippen LogP contribution in [0.4, 0.5) is 0 Å². The van der Waals surface area contributed by atoms with Gasteiger partial charge in [-0.05, 0) is 148 Å². The third kappa shape index (κ3) is 18.6. The summed E-state index contributed by atoms with van der Waals surface area (Å²) in [7, 11) is 0. The van der Waals surface area contributed by atoms with Gasteiger partial charge in [0.1, 0.15) is 0 Å². The average Bonchev–Trinajstić information content (AvgIpc) is 1.54. The second kappa shape index (κ2) is 38.5. The highest BCUT2D eigenvalue weighted by atomic mass is 35.5. The maximum absolute atomic E-state index is 13.9. The lowest BCUT2D eigenvalue weighted by molar-refractivity contribution is -0.126. The summed E-state index contributed by atoms with van der Waals surface area (Å²) < 4.78 is 1.29. The van der Waals surface area contributed by atoms with E-state index in [1.807, 2.05) is 70.3 Å². The van der Waals surface area contributed by atoms with E-state index in [-0.39, 0.29) is 70.1 Å². The molecule has 6 aliphatic heterocycles. The quantitative estimate of drug-likeness (QED) is 0.0403. The summed E-state index contributed by atoms with van der Waals surface area (Å²) in [5.41, 5.74) is 11.1. The van der Waals surface area contributed by atoms with E-state index in [2.05, 4.69) is 202 Å². The summed E-state index contributed by atoms with van der Waals surface area (Å²) in [6.07, 6.45) is 11.2. The van der Waals surface area contributed by atoms with E-state index in [0.717, 1.165) is 49.7 Å². The summed E-state index contributed by atoms with van der Waals surface area (Å²) in [5.74, 6) is 3.54. The van der Waals surface area contributed by atoms with Crippen LogP contribution in [0.2, 0.25) is 15.1 Å². The van der Waals surface area contributed by atoms with Crippen molar-refractivity contribution in [3.8, 4) is 0 Å². The van der Waals surface area contributed by atoms with Crippen LogP contribution < -0.4 is 11.2 Å². The first-order valence-corrected chi connectivity index (χ1v) is 43.0. The second-order valence-electron chi connectivity index (χ2n) is 32.1. The number of Topliss-reactive ketones (excluding diaryl/α,β-unsaturated/α-hetero) is 2. The SMILES string of the molecule is C1CCNC1.C[C@@H]1CN(C(c2ccccc2)c2ccccc2)CCN1C(=O)c1cc2c(C(=O)C(=O)N3CCCC3)c[nH]c2cc1Cl.C[C@@H]1CN(C(c2ccccc2)c2ccccc2)CCN1C(=O)c1cc2c(C(=O)C(=O)N3CCCC3)cn(N)c2cc1Cl.C[C@@H]1CN(C(c2ccccc2)c2ccccc2)CCN1C(=O)c1cc2cc[nH]c2cc1Cl. The Bertz CT molecular complexity index is 5480. The lowest BCUT2D eigenvalue weighted by Crippen LogP contribution is -2.54. The number of nitrogens with zero attached hydrogens (tertiary/aromatic N) is 9. The summed E-state index contributed by atoms with van der Waals surface area (Å²) in [5, 5.41) is 6.26. The van der Waals surface area contributed by atoms with Gasteiger partial charge in [0.05, 0.1) is 66.5 Å². The zero-order chi connectivity index (χ0) is 83.5. The minimum absolute atomic E-state index is 0.00113. The lowest BCUT2D eigenvalue weighted by atomic mass is 9.95. The van der Waals surface area contributed by atoms with Gasteiger partial charge in [0.2, 0.25) is 0 Å². The standard InChI is InChI=1S/C33H34ClN5O3.C33H33ClN4O3.C27H26ClN3O.C4H9N/c1-22-20-37(30(23-10-4-2-5-11-23)24-12-6-3-7-13-24)16-17-38(22)32(41)26-18-25-27(21-39(35)29(25)19-28(26)34)31(40)33(42)36-14-8-9-15-36;1-22-21-37(30(23-10-4-2-5-11-23)24-12-6-3-7-13-24)16-17-38(22)32(40)26-18-25-27(20-35-29(25)19-28(26)34)31(39)33(41)36-14-8-9-15-36;1-19-18-30(26(20-8-4-2-5-9-20)21-10-6-3-7-11-21)14-15-31(19)27(32)23-16-22-12-13-29-25(22)17-24(23)28;1-2-4-5-3-1/h2-7,10-13,18-19,21-22,30H,8-9,14-17,20,35H2,1H3;2-7,10-13,18-20,22,30,35H,8-9,14-17,21H2,1H3;2-13,16-17,19,26,29H,14-15,18H2,1H3;5H,1-4H2/t2*22-;19-;/m111./s1. The van der Waals surface area contributed by atoms with Gasteiger partial charge in [0.25, 0.3) is 41.1 Å². The van der Waals surface area contributed by atoms with Crippen LogP contribution in [0.25, 0.3) is 32.7 Å². The molecule has 23 heteroatoms. The number of benzene rings is 9. The number of halogens is 3. The molecule has 12 aromatic rings. The Hall–Kier alpha value is -11.2. The number of likely N-dealkylation sites (tertiary alicyclic amines) is 2. The van der Waals surface area contributed by atoms with Crippen LogP contribution >= 0.6 is 34.8 Å². The predicted octanol–water partition coefficient (Wildman–Crippen LogP) is 16.4. The Balaban J connectivity index is 0.000000137. The zero-order valence-corrected chi connectivity index (χ0v) is 70.3. The molecule has 3 aromatic heterocycles. The monoisotopic (exact) mass is 1670 g/mol. The van der Waals surface area contributed by atoms with Crippen LogP contribution in [0.3, 0.4) is 0 Å². The fourth-order valence-electron chi connectivity index (χ4n) is 18.0. The molecule has 9 aromatic carbocycles. The van der Waals surface area contributed by atoms with Gasteiger partial charge < -0.3 is 45.6 Å². The van der Waals surface area contributed by atoms with E-state index in [1.54, 1.807) is 40.3 Å². The zero-order valence-electron chi connectivity index (χ0n) is 68.0. The van der Waals surface area contributed by atoms with Crippen molar-refractivity contribution in [1.82, 2.24) is 59.2 Å². The van der Waals surface area contributed by atoms with Gasteiger partial charge >= 0.3 is 0 Å². The van der Waals surface area contributed by atoms with Crippen molar-refractivity contribution in [2.75, 3.05) is 104 Å². The van der Waals surface area contributed by atoms with Crippen LogP contribution in [0.1, 0.15) is 163 Å². The molecule has 9 heterocycles. The van der Waals surface area contributed by atoms with Gasteiger partial charge in [-0.1, -0.05) is 217 Å². The molecule has 18 rings (SSSR count). The number of carbonyl (C=O) groups excluding carboxylic acids is 7. The van der Waals surface area contributed by atoms with Gasteiger partial charge in [-0.25, -0.2) is 0 Å². The van der Waals surface area contributed by atoms with Crippen molar-refractivity contribution in [2.45, 2.75) is 95.5 Å². The highest BCUT2D eigenvalue weighted by molar-refractivity contribution is 6.46. The van der Waals surface area contributed by atoms with Crippen molar-refractivity contribution in [3.63, 3.8) is 0 Å². The predicted molar refractivity (Wildman–Crippen MR) is 477 cm³/mol. The first-order valence-electron chi connectivity index (χ1n) is 41.9. The molecule has 3 atom stereocenters. The van der Waals surface area contributed by atoms with E-state index >= 15 is 0 Å². The van der Waals surface area contributed by atoms with E-state index in [4.69, 9.17) is 40.6 Å². The number of nitrogens with two attached hydrogens (primary N) is 1. The molecule has 618 valence electrons. The Morgan fingerprint density at radius 3 is 1.07 bits per heavy atom. The van der Waals surface area contributed by atoms with Gasteiger partial charge in [-0.15, -0.1) is 0 Å². The molecule has 0 saturated carbocycles. The fourth-order valence-corrected chi connectivity index (χ4v) is 18.7. The minimum atomic E-state index is -0.623. The molecule has 5 N–H and O–H groups in total. The van der Waals surface area contributed by atoms with Crippen LogP contribution in [0.15, 0.2) is 243 Å². The van der Waals surface area contributed by atoms with Gasteiger partial charge in [-0.3, -0.25) is 52.9 Å². The molecule has 20 nitrogen and oxygen atoms in total. The molecule has 6 fully saturated rings. The molecular weight excluding hydrogens is 1570 g/mol. The maximum atomic E-state index is 13.9. The molecule has 120 heavy (non-hydrogen) atoms. The smallest absolute Gasteiger partial charge is 0.295 e. The van der Waals surface area contributed by atoms with Gasteiger partial charge in [0, 0.05) is 149 Å². The van der Waals surface area contributed by atoms with Crippen molar-refractivity contribution in [3.05, 3.63) is 319 Å². The van der Waals surface area contributed by atoms with Crippen LogP contribution in [0, 0.1) is 0 Å². The topological polar surface area (TPSA) is 220 Å². The largest absolute Gasteiger partial charge is 0.361 e. The number of H-pyrrole nitrogens is 2. The molecule has 0 unspecified atom stereocenters. The van der Waals surface area contributed by atoms with E-state index in [0.29, 0.717) is 121 Å². The molecule has 6 saturated heterocycles. The number of nitrogen functional groups attached to an aromatic ring is 1. The van der Waals surface area contributed by atoms with E-state index < -0.39 is 23.4 Å². The fraction of sp³-hybridized carbons (Fsp3) is 0.309. The van der Waals surface area contributed by atoms with E-state index in [9.17, 15) is 33.6 Å². The van der Waals surface area contributed by atoms with Crippen molar-refractivity contribution in [1.29, 1.82) is 0 Å². The Labute approximate surface area is 715 Å². The number of carbonyl (C=O) groups is 7. The number of aromatic nitrogens is 3. The van der Waals surface area contributed by atoms with Gasteiger partial charge in [0.15, 0.2) is 0 Å². The number of rotatable bonds is 16. The first kappa shape index (κ1) is 83.8. The molecule has 6 aliphatic rings. The molecular formula is C97H102Cl3N13O7. The Morgan fingerprint density at radius 2 is 0.708 bits per heavy atom. The number of hydrogen-bond acceptors (Lipinski definition) is 12. The highest BCUT2D eigenvalue weighted by Crippen LogP contribution is 2.38. The number of aromatic amines is 2. The summed E-state index contributed by atoms with van der Waals surface area (Å²) in [4.78, 5) is 116. The highest BCUT2D eigenvalue weighted by Gasteiger charge is 2.39. The number of hydrogen-bond donors (Lipinski definition) is 4. The number of fused-ring (bicyclic) bond motifs is 3. The second-order valence-corrected chi connectivity index (χ2v) is 33.3. The Morgan fingerprint density at radius 1 is 0.367 bits per heavy atom. The third-order valence-corrected chi connectivity index (χ3v) is 25.1. The molecule has 5 amide bonds. The first-order chi connectivity index (χ1) is 58.4. The molecule has 0 radical (unpaired) electrons.